The van der Waals surface area contributed by atoms with E-state index in [0.29, 0.717) is 0 Å². The number of aromatic nitrogens is 3. The second-order valence-corrected chi connectivity index (χ2v) is 13.7. The molecule has 0 bridgehead atoms. The molecule has 1 spiro atoms. The lowest BCUT2D eigenvalue weighted by Gasteiger charge is -2.42. The smallest absolute Gasteiger partial charge is 0.156 e. The Labute approximate surface area is 304 Å². The molecule has 5 heterocycles. The second-order valence-electron chi connectivity index (χ2n) is 13.7. The number of nitrogens with zero attached hydrogens (tertiary/aromatic N) is 4. The molecule has 3 aliphatic rings. The maximum Gasteiger partial charge on any atom is 0.156 e. The van der Waals surface area contributed by atoms with E-state index in [0.717, 1.165) is 90.4 Å². The normalized spacial score (nSPS) is 14.1. The minimum atomic E-state index is -0.772. The fourth-order valence-corrected chi connectivity index (χ4v) is 9.12. The lowest BCUT2D eigenvalue weighted by molar-refractivity contribution is 0.434. The van der Waals surface area contributed by atoms with Crippen LogP contribution in [0.3, 0.4) is 0 Å². The average Bonchev–Trinajstić information content (AvgIpc) is 3.71. The highest BCUT2D eigenvalue weighted by Gasteiger charge is 2.53. The maximum absolute atomic E-state index is 7.52. The highest BCUT2D eigenvalue weighted by atomic mass is 16.5. The third-order valence-corrected chi connectivity index (χ3v) is 11.1. The highest BCUT2D eigenvalue weighted by Crippen LogP contribution is 2.65. The molecule has 3 aromatic heterocycles. The van der Waals surface area contributed by atoms with Crippen LogP contribution in [0.25, 0.3) is 38.9 Å². The van der Waals surface area contributed by atoms with E-state index in [2.05, 4.69) is 131 Å². The van der Waals surface area contributed by atoms with E-state index >= 15 is 0 Å². The van der Waals surface area contributed by atoms with Gasteiger partial charge in [0.25, 0.3) is 0 Å². The molecule has 0 unspecified atom stereocenters. The molecule has 6 heteroatoms. The monoisotopic (exact) mass is 680 g/mol. The standard InChI is InChI=1S/C47H28N4O2/c1-3-19-35-29(13-1)30-14-2-4-20-36(30)50(35)39-23-9-15-33-45(39)53-46-34(47(33)31-17-11-27-48-43(31)44-32(47)18-12-28-49-44)16-10-24-40(46)51-37-21-5-7-25-41(37)52-42-26-8-6-22-38(42)51/h1-28H. The number of anilines is 3. The van der Waals surface area contributed by atoms with Crippen LogP contribution in [0.4, 0.5) is 17.1 Å². The van der Waals surface area contributed by atoms with Gasteiger partial charge < -0.3 is 14.0 Å². The molecule has 0 atom stereocenters. The summed E-state index contributed by atoms with van der Waals surface area (Å²) in [5.41, 5.74) is 11.2. The summed E-state index contributed by atoms with van der Waals surface area (Å²) in [6.45, 7) is 0. The molecule has 0 saturated carbocycles. The number of benzene rings is 6. The zero-order chi connectivity index (χ0) is 34.7. The first-order valence-electron chi connectivity index (χ1n) is 17.8. The Morgan fingerprint density at radius 3 is 1.47 bits per heavy atom. The molecule has 0 amide bonds. The van der Waals surface area contributed by atoms with Gasteiger partial charge in [-0.15, -0.1) is 0 Å². The van der Waals surface area contributed by atoms with Crippen molar-refractivity contribution in [3.05, 3.63) is 192 Å². The number of hydrogen-bond acceptors (Lipinski definition) is 5. The van der Waals surface area contributed by atoms with E-state index in [1.54, 1.807) is 0 Å². The molecule has 1 aliphatic carbocycles. The summed E-state index contributed by atoms with van der Waals surface area (Å²) in [4.78, 5) is 12.2. The Kier molecular flexibility index (Phi) is 5.61. The van der Waals surface area contributed by atoms with Crippen LogP contribution in [0.15, 0.2) is 170 Å². The van der Waals surface area contributed by atoms with E-state index < -0.39 is 5.41 Å². The number of hydrogen-bond donors (Lipinski definition) is 0. The fourth-order valence-electron chi connectivity index (χ4n) is 9.12. The molecule has 9 aromatic rings. The maximum atomic E-state index is 7.52. The Bertz CT molecular complexity index is 2860. The van der Waals surface area contributed by atoms with Crippen LogP contribution in [0, 0.1) is 0 Å². The van der Waals surface area contributed by atoms with E-state index in [1.807, 2.05) is 48.8 Å². The van der Waals surface area contributed by atoms with Crippen molar-refractivity contribution in [2.75, 3.05) is 4.90 Å². The minimum absolute atomic E-state index is 0.770. The summed E-state index contributed by atoms with van der Waals surface area (Å²) in [7, 11) is 0. The number of rotatable bonds is 2. The molecule has 0 saturated heterocycles. The van der Waals surface area contributed by atoms with Crippen molar-refractivity contribution in [1.82, 2.24) is 14.5 Å². The van der Waals surface area contributed by atoms with Gasteiger partial charge in [0.2, 0.25) is 0 Å². The van der Waals surface area contributed by atoms with Crippen LogP contribution in [-0.4, -0.2) is 14.5 Å². The van der Waals surface area contributed by atoms with Crippen LogP contribution in [0.1, 0.15) is 22.3 Å². The van der Waals surface area contributed by atoms with Crippen molar-refractivity contribution in [3.63, 3.8) is 0 Å². The lowest BCUT2D eigenvalue weighted by atomic mass is 9.66. The van der Waals surface area contributed by atoms with E-state index in [-0.39, 0.29) is 0 Å². The zero-order valence-electron chi connectivity index (χ0n) is 28.3. The summed E-state index contributed by atoms with van der Waals surface area (Å²) in [5.74, 6) is 3.13. The zero-order valence-corrected chi connectivity index (χ0v) is 28.3. The van der Waals surface area contributed by atoms with E-state index in [9.17, 15) is 0 Å². The minimum Gasteiger partial charge on any atom is -0.453 e. The van der Waals surface area contributed by atoms with Gasteiger partial charge in [-0.3, -0.25) is 14.9 Å². The molecular formula is C47H28N4O2. The first-order chi connectivity index (χ1) is 26.3. The first kappa shape index (κ1) is 28.5. The molecule has 12 rings (SSSR count). The van der Waals surface area contributed by atoms with Gasteiger partial charge in [0.1, 0.15) is 0 Å². The van der Waals surface area contributed by atoms with Crippen LogP contribution in [0.2, 0.25) is 0 Å². The summed E-state index contributed by atoms with van der Waals surface area (Å²) in [6.07, 6.45) is 3.73. The summed E-state index contributed by atoms with van der Waals surface area (Å²) in [6, 6.07) is 55.2. The van der Waals surface area contributed by atoms with E-state index in [1.165, 1.54) is 10.8 Å². The molecule has 0 N–H and O–H groups in total. The Hall–Kier alpha value is -7.18. The van der Waals surface area contributed by atoms with Crippen molar-refractivity contribution in [1.29, 1.82) is 0 Å². The predicted octanol–water partition coefficient (Wildman–Crippen LogP) is 11.6. The SMILES string of the molecule is c1ccc2c(c1)Oc1ccccc1N2c1cccc2c1Oc1c(-n3c4ccccc4c4ccccc43)cccc1C21c2cccnc2-c2ncccc21. The highest BCUT2D eigenvalue weighted by molar-refractivity contribution is 6.09. The summed E-state index contributed by atoms with van der Waals surface area (Å²) < 4.78 is 16.3. The van der Waals surface area contributed by atoms with Crippen LogP contribution in [-0.2, 0) is 5.41 Å². The van der Waals surface area contributed by atoms with Crippen molar-refractivity contribution in [3.8, 4) is 40.1 Å². The van der Waals surface area contributed by atoms with Crippen molar-refractivity contribution >= 4 is 38.9 Å². The van der Waals surface area contributed by atoms with Gasteiger partial charge in [0.05, 0.1) is 50.6 Å². The molecule has 6 nitrogen and oxygen atoms in total. The van der Waals surface area contributed by atoms with E-state index in [4.69, 9.17) is 19.4 Å². The number of pyridine rings is 2. The van der Waals surface area contributed by atoms with Gasteiger partial charge in [-0.2, -0.15) is 0 Å². The summed E-state index contributed by atoms with van der Waals surface area (Å²) >= 11 is 0. The molecule has 248 valence electrons. The van der Waals surface area contributed by atoms with Crippen molar-refractivity contribution in [2.45, 2.75) is 5.41 Å². The molecule has 2 aliphatic heterocycles. The second kappa shape index (κ2) is 10.4. The number of para-hydroxylation sites is 8. The molecule has 6 aromatic carbocycles. The molecule has 0 radical (unpaired) electrons. The predicted molar refractivity (Wildman–Crippen MR) is 209 cm³/mol. The quantitative estimate of drug-likeness (QED) is 0.182. The Morgan fingerprint density at radius 2 is 0.868 bits per heavy atom. The molecule has 53 heavy (non-hydrogen) atoms. The lowest BCUT2D eigenvalue weighted by Crippen LogP contribution is -2.33. The van der Waals surface area contributed by atoms with Crippen LogP contribution < -0.4 is 14.4 Å². The largest absolute Gasteiger partial charge is 0.453 e. The summed E-state index contributed by atoms with van der Waals surface area (Å²) in [5, 5.41) is 2.39. The van der Waals surface area contributed by atoms with Gasteiger partial charge in [0.15, 0.2) is 23.0 Å². The molecular weight excluding hydrogens is 653 g/mol. The topological polar surface area (TPSA) is 52.4 Å². The van der Waals surface area contributed by atoms with Crippen LogP contribution in [0.5, 0.6) is 23.0 Å². The average molecular weight is 681 g/mol. The van der Waals surface area contributed by atoms with Gasteiger partial charge in [-0.25, -0.2) is 0 Å². The van der Waals surface area contributed by atoms with Gasteiger partial charge in [-0.05, 0) is 71.8 Å². The Morgan fingerprint density at radius 1 is 0.396 bits per heavy atom. The number of fused-ring (bicyclic) bond motifs is 14. The fraction of sp³-hybridized carbons (Fsp3) is 0.0213. The number of ether oxygens (including phenoxy) is 2. The first-order valence-corrected chi connectivity index (χ1v) is 17.8. The van der Waals surface area contributed by atoms with Crippen molar-refractivity contribution in [2.24, 2.45) is 0 Å². The third-order valence-electron chi connectivity index (χ3n) is 11.1. The van der Waals surface area contributed by atoms with Gasteiger partial charge >= 0.3 is 0 Å². The van der Waals surface area contributed by atoms with Crippen molar-refractivity contribution < 1.29 is 9.47 Å². The van der Waals surface area contributed by atoms with Gasteiger partial charge in [-0.1, -0.05) is 97.1 Å². The Balaban J connectivity index is 1.23. The third kappa shape index (κ3) is 3.61. The van der Waals surface area contributed by atoms with Crippen LogP contribution >= 0.6 is 0 Å². The van der Waals surface area contributed by atoms with Gasteiger partial charge in [0, 0.05) is 34.3 Å². The molecule has 0 fully saturated rings.